The summed E-state index contributed by atoms with van der Waals surface area (Å²) in [6, 6.07) is 23.5. The molecule has 0 saturated carbocycles. The molecule has 28 heavy (non-hydrogen) atoms. The molecule has 0 bridgehead atoms. The van der Waals surface area contributed by atoms with Crippen LogP contribution in [0.4, 0.5) is 5.69 Å². The summed E-state index contributed by atoms with van der Waals surface area (Å²) in [5, 5.41) is 3.62. The van der Waals surface area contributed by atoms with Crippen LogP contribution in [0.3, 0.4) is 0 Å². The highest BCUT2D eigenvalue weighted by molar-refractivity contribution is 6.21. The molecule has 0 aliphatic carbocycles. The zero-order chi connectivity index (χ0) is 19.3. The Morgan fingerprint density at radius 1 is 0.786 bits per heavy atom. The molecule has 0 fully saturated rings. The molecule has 4 nitrogen and oxygen atoms in total. The van der Waals surface area contributed by atoms with E-state index >= 15 is 0 Å². The molecule has 3 aromatic rings. The Labute approximate surface area is 163 Å². The summed E-state index contributed by atoms with van der Waals surface area (Å²) >= 11 is 0. The minimum atomic E-state index is -0.200. The first-order valence-corrected chi connectivity index (χ1v) is 9.51. The van der Waals surface area contributed by atoms with E-state index in [0.717, 1.165) is 11.3 Å². The van der Waals surface area contributed by atoms with Gasteiger partial charge in [0.05, 0.1) is 17.2 Å². The number of fused-ring (bicyclic) bond motifs is 2. The van der Waals surface area contributed by atoms with E-state index in [1.54, 1.807) is 24.3 Å². The summed E-state index contributed by atoms with van der Waals surface area (Å²) < 4.78 is 0. The van der Waals surface area contributed by atoms with Gasteiger partial charge in [-0.15, -0.1) is 0 Å². The van der Waals surface area contributed by atoms with E-state index in [0.29, 0.717) is 17.7 Å². The van der Waals surface area contributed by atoms with Gasteiger partial charge in [0.2, 0.25) is 0 Å². The molecule has 2 atom stereocenters. The number of nitrogens with one attached hydrogen (secondary N) is 1. The first kappa shape index (κ1) is 16.8. The lowest BCUT2D eigenvalue weighted by molar-refractivity contribution is 0.0642. The summed E-state index contributed by atoms with van der Waals surface area (Å²) in [5.41, 5.74) is 5.60. The average Bonchev–Trinajstić information content (AvgIpc) is 3.20. The van der Waals surface area contributed by atoms with Gasteiger partial charge in [0, 0.05) is 18.2 Å². The standard InChI is InChI=1S/C24H20N2O2/c1-15-8-2-3-9-16(15)22-20(17-10-6-7-13-21(17)25-22)14-26-23(27)18-11-4-5-12-19(18)24(26)28/h2-13,20,22,25H,14H2,1H3/t20-,22+/m1/s1. The van der Waals surface area contributed by atoms with Crippen LogP contribution in [0.15, 0.2) is 72.8 Å². The molecule has 2 heterocycles. The number of hydrogen-bond acceptors (Lipinski definition) is 3. The van der Waals surface area contributed by atoms with Crippen molar-refractivity contribution in [2.24, 2.45) is 0 Å². The molecule has 0 spiro atoms. The smallest absolute Gasteiger partial charge is 0.261 e. The summed E-state index contributed by atoms with van der Waals surface area (Å²) in [5.74, 6) is -0.401. The number of hydrogen-bond donors (Lipinski definition) is 1. The van der Waals surface area contributed by atoms with E-state index in [-0.39, 0.29) is 23.8 Å². The van der Waals surface area contributed by atoms with Crippen molar-refractivity contribution in [1.82, 2.24) is 4.90 Å². The van der Waals surface area contributed by atoms with Gasteiger partial charge in [-0.25, -0.2) is 0 Å². The van der Waals surface area contributed by atoms with Gasteiger partial charge >= 0.3 is 0 Å². The van der Waals surface area contributed by atoms with Crippen molar-refractivity contribution < 1.29 is 9.59 Å². The lowest BCUT2D eigenvalue weighted by Gasteiger charge is -2.26. The number of carbonyl (C=O) groups excluding carboxylic acids is 2. The zero-order valence-electron chi connectivity index (χ0n) is 15.6. The van der Waals surface area contributed by atoms with Crippen LogP contribution in [-0.4, -0.2) is 23.3 Å². The zero-order valence-corrected chi connectivity index (χ0v) is 15.6. The lowest BCUT2D eigenvalue weighted by atomic mass is 9.88. The van der Waals surface area contributed by atoms with E-state index in [2.05, 4.69) is 36.5 Å². The second-order valence-electron chi connectivity index (χ2n) is 7.44. The molecular formula is C24H20N2O2. The number of amides is 2. The maximum Gasteiger partial charge on any atom is 0.261 e. The van der Waals surface area contributed by atoms with Crippen LogP contribution in [0.2, 0.25) is 0 Å². The Balaban J connectivity index is 1.54. The Morgan fingerprint density at radius 3 is 2.04 bits per heavy atom. The van der Waals surface area contributed by atoms with Crippen LogP contribution in [0, 0.1) is 6.92 Å². The SMILES string of the molecule is Cc1ccccc1[C@@H]1Nc2ccccc2[C@H]1CN1C(=O)c2ccccc2C1=O. The third-order valence-electron chi connectivity index (χ3n) is 5.85. The number of anilines is 1. The van der Waals surface area contributed by atoms with E-state index in [1.165, 1.54) is 16.0 Å². The van der Waals surface area contributed by atoms with Gasteiger partial charge in [-0.2, -0.15) is 0 Å². The summed E-state index contributed by atoms with van der Waals surface area (Å²) in [6.07, 6.45) is 0. The van der Waals surface area contributed by atoms with Gasteiger partial charge in [0.1, 0.15) is 0 Å². The van der Waals surface area contributed by atoms with Gasteiger partial charge in [0.25, 0.3) is 11.8 Å². The Hall–Kier alpha value is -3.40. The topological polar surface area (TPSA) is 49.4 Å². The van der Waals surface area contributed by atoms with Crippen molar-refractivity contribution in [2.75, 3.05) is 11.9 Å². The second-order valence-corrected chi connectivity index (χ2v) is 7.44. The maximum absolute atomic E-state index is 12.9. The minimum absolute atomic E-state index is 0.000452. The van der Waals surface area contributed by atoms with Crippen LogP contribution in [-0.2, 0) is 0 Å². The first-order valence-electron chi connectivity index (χ1n) is 9.51. The number of imide groups is 1. The third-order valence-corrected chi connectivity index (χ3v) is 5.85. The Bertz CT molecular complexity index is 1070. The van der Waals surface area contributed by atoms with E-state index < -0.39 is 0 Å². The van der Waals surface area contributed by atoms with Crippen molar-refractivity contribution in [3.63, 3.8) is 0 Å². The molecule has 2 aliphatic heterocycles. The molecular weight excluding hydrogens is 348 g/mol. The van der Waals surface area contributed by atoms with Gasteiger partial charge in [-0.05, 0) is 41.8 Å². The van der Waals surface area contributed by atoms with Crippen molar-refractivity contribution in [3.05, 3.63) is 101 Å². The highest BCUT2D eigenvalue weighted by atomic mass is 16.2. The molecule has 5 rings (SSSR count). The predicted molar refractivity (Wildman–Crippen MR) is 109 cm³/mol. The lowest BCUT2D eigenvalue weighted by Crippen LogP contribution is -2.35. The van der Waals surface area contributed by atoms with Crippen LogP contribution in [0.25, 0.3) is 0 Å². The van der Waals surface area contributed by atoms with Crippen LogP contribution < -0.4 is 5.32 Å². The molecule has 0 saturated heterocycles. The molecule has 4 heteroatoms. The molecule has 0 unspecified atom stereocenters. The van der Waals surface area contributed by atoms with E-state index in [1.807, 2.05) is 24.3 Å². The minimum Gasteiger partial charge on any atom is -0.377 e. The number of nitrogens with zero attached hydrogens (tertiary/aromatic N) is 1. The van der Waals surface area contributed by atoms with Gasteiger partial charge in [-0.1, -0.05) is 54.6 Å². The van der Waals surface area contributed by atoms with Crippen molar-refractivity contribution in [1.29, 1.82) is 0 Å². The molecule has 0 radical (unpaired) electrons. The Kier molecular flexibility index (Phi) is 3.79. The van der Waals surface area contributed by atoms with Crippen molar-refractivity contribution in [2.45, 2.75) is 18.9 Å². The van der Waals surface area contributed by atoms with E-state index in [4.69, 9.17) is 0 Å². The number of carbonyl (C=O) groups is 2. The van der Waals surface area contributed by atoms with Crippen LogP contribution in [0.5, 0.6) is 0 Å². The predicted octanol–water partition coefficient (Wildman–Crippen LogP) is 4.54. The van der Waals surface area contributed by atoms with Gasteiger partial charge in [-0.3, -0.25) is 14.5 Å². The monoisotopic (exact) mass is 368 g/mol. The quantitative estimate of drug-likeness (QED) is 0.691. The number of para-hydroxylation sites is 1. The molecule has 138 valence electrons. The summed E-state index contributed by atoms with van der Waals surface area (Å²) in [4.78, 5) is 27.2. The fourth-order valence-corrected chi connectivity index (χ4v) is 4.44. The van der Waals surface area contributed by atoms with Gasteiger partial charge in [0.15, 0.2) is 0 Å². The van der Waals surface area contributed by atoms with Crippen molar-refractivity contribution in [3.8, 4) is 0 Å². The fraction of sp³-hybridized carbons (Fsp3) is 0.167. The second kappa shape index (κ2) is 6.34. The molecule has 2 amide bonds. The molecule has 3 aromatic carbocycles. The fourth-order valence-electron chi connectivity index (χ4n) is 4.44. The molecule has 2 aliphatic rings. The average molecular weight is 368 g/mol. The highest BCUT2D eigenvalue weighted by Crippen LogP contribution is 2.45. The molecule has 1 N–H and O–H groups in total. The highest BCUT2D eigenvalue weighted by Gasteiger charge is 2.41. The number of benzene rings is 3. The first-order chi connectivity index (χ1) is 13.6. The van der Waals surface area contributed by atoms with Gasteiger partial charge < -0.3 is 5.32 Å². The normalized spacial score (nSPS) is 20.1. The van der Waals surface area contributed by atoms with Crippen LogP contribution >= 0.6 is 0 Å². The van der Waals surface area contributed by atoms with E-state index in [9.17, 15) is 9.59 Å². The number of rotatable bonds is 3. The summed E-state index contributed by atoms with van der Waals surface area (Å²) in [6.45, 7) is 2.45. The molecule has 0 aromatic heterocycles. The van der Waals surface area contributed by atoms with Crippen molar-refractivity contribution >= 4 is 17.5 Å². The van der Waals surface area contributed by atoms with Crippen LogP contribution in [0.1, 0.15) is 49.4 Å². The number of aryl methyl sites for hydroxylation is 1. The summed E-state index contributed by atoms with van der Waals surface area (Å²) in [7, 11) is 0. The third kappa shape index (κ3) is 2.45. The largest absolute Gasteiger partial charge is 0.377 e. The maximum atomic E-state index is 12.9. The Morgan fingerprint density at radius 2 is 1.36 bits per heavy atom.